The first-order valence-corrected chi connectivity index (χ1v) is 9.03. The Balaban J connectivity index is 1.45. The van der Waals surface area contributed by atoms with Crippen molar-refractivity contribution in [2.45, 2.75) is 31.2 Å². The van der Waals surface area contributed by atoms with Crippen LogP contribution in [-0.4, -0.2) is 37.7 Å². The summed E-state index contributed by atoms with van der Waals surface area (Å²) in [5.41, 5.74) is 0.777. The van der Waals surface area contributed by atoms with E-state index in [4.69, 9.17) is 4.74 Å². The molecule has 0 bridgehead atoms. The number of hydrogen-bond donors (Lipinski definition) is 1. The number of ether oxygens (including phenoxy) is 1. The molecule has 3 aromatic rings. The zero-order valence-electron chi connectivity index (χ0n) is 15.1. The summed E-state index contributed by atoms with van der Waals surface area (Å²) in [5, 5.41) is 11.3. The first kappa shape index (κ1) is 16.8. The van der Waals surface area contributed by atoms with Crippen molar-refractivity contribution in [3.8, 4) is 17.4 Å². The number of nitrogens with zero attached hydrogens (tertiary/aromatic N) is 5. The summed E-state index contributed by atoms with van der Waals surface area (Å²) in [6.45, 7) is 0. The molecule has 4 heterocycles. The minimum atomic E-state index is -0.624. The molecule has 0 atom stereocenters. The molecule has 1 saturated carbocycles. The van der Waals surface area contributed by atoms with Crippen molar-refractivity contribution in [3.63, 3.8) is 0 Å². The third kappa shape index (κ3) is 2.62. The maximum atomic E-state index is 13.5. The Hall–Kier alpha value is -3.36. The van der Waals surface area contributed by atoms with Crippen LogP contribution in [0, 0.1) is 5.82 Å². The molecule has 28 heavy (non-hydrogen) atoms. The normalized spacial score (nSPS) is 16.1. The van der Waals surface area contributed by atoms with E-state index in [9.17, 15) is 9.18 Å². The molecule has 142 valence electrons. The van der Waals surface area contributed by atoms with Gasteiger partial charge in [-0.25, -0.2) is 14.4 Å². The van der Waals surface area contributed by atoms with Gasteiger partial charge in [-0.1, -0.05) is 6.07 Å². The molecule has 8 nitrogen and oxygen atoms in total. The number of anilines is 1. The van der Waals surface area contributed by atoms with E-state index in [1.165, 1.54) is 7.11 Å². The number of carbonyl (C=O) groups excluding carboxylic acids is 1. The Morgan fingerprint density at radius 2 is 2.14 bits per heavy atom. The third-order valence-corrected chi connectivity index (χ3v) is 5.32. The van der Waals surface area contributed by atoms with Gasteiger partial charge in [0.1, 0.15) is 28.7 Å². The molecule has 1 spiro atoms. The van der Waals surface area contributed by atoms with Gasteiger partial charge in [0, 0.05) is 12.0 Å². The van der Waals surface area contributed by atoms with E-state index in [1.54, 1.807) is 12.1 Å². The minimum Gasteiger partial charge on any atom is -0.480 e. The summed E-state index contributed by atoms with van der Waals surface area (Å²) >= 11 is 0. The van der Waals surface area contributed by atoms with Crippen LogP contribution in [-0.2, 0) is 12.0 Å². The fourth-order valence-electron chi connectivity index (χ4n) is 3.78. The number of hydrogen-bond acceptors (Lipinski definition) is 6. The number of amides is 1. The Labute approximate surface area is 159 Å². The Kier molecular flexibility index (Phi) is 3.65. The molecule has 0 aromatic carbocycles. The third-order valence-electron chi connectivity index (χ3n) is 5.32. The lowest BCUT2D eigenvalue weighted by Gasteiger charge is -2.13. The fraction of sp³-hybridized carbons (Fsp3) is 0.316. The van der Waals surface area contributed by atoms with Crippen LogP contribution in [0.1, 0.15) is 35.4 Å². The van der Waals surface area contributed by atoms with Gasteiger partial charge < -0.3 is 14.6 Å². The first-order chi connectivity index (χ1) is 13.6. The number of fused-ring (bicyclic) bond motifs is 2. The summed E-state index contributed by atoms with van der Waals surface area (Å²) in [6.07, 6.45) is 5.28. The van der Waals surface area contributed by atoms with E-state index in [-0.39, 0.29) is 17.0 Å². The highest BCUT2D eigenvalue weighted by atomic mass is 19.1. The van der Waals surface area contributed by atoms with Crippen LogP contribution in [0.25, 0.3) is 11.5 Å². The van der Waals surface area contributed by atoms with Crippen LogP contribution in [0.3, 0.4) is 0 Å². The lowest BCUT2D eigenvalue weighted by atomic mass is 10.2. The zero-order chi connectivity index (χ0) is 19.3. The Bertz CT molecular complexity index is 1090. The summed E-state index contributed by atoms with van der Waals surface area (Å²) in [4.78, 5) is 20.9. The second kappa shape index (κ2) is 6.08. The monoisotopic (exact) mass is 380 g/mol. The van der Waals surface area contributed by atoms with Crippen molar-refractivity contribution in [3.05, 3.63) is 47.7 Å². The van der Waals surface area contributed by atoms with E-state index < -0.39 is 11.7 Å². The van der Waals surface area contributed by atoms with Gasteiger partial charge in [-0.15, -0.1) is 10.2 Å². The van der Waals surface area contributed by atoms with Crippen LogP contribution in [0.4, 0.5) is 10.2 Å². The number of aryl methyl sites for hydroxylation is 1. The number of pyridine rings is 2. The van der Waals surface area contributed by atoms with E-state index in [0.717, 1.165) is 43.8 Å². The van der Waals surface area contributed by atoms with Crippen molar-refractivity contribution in [2.75, 3.05) is 12.4 Å². The lowest BCUT2D eigenvalue weighted by Crippen LogP contribution is -2.16. The van der Waals surface area contributed by atoms with Crippen molar-refractivity contribution < 1.29 is 13.9 Å². The van der Waals surface area contributed by atoms with Crippen LogP contribution in [0.2, 0.25) is 0 Å². The molecule has 1 aliphatic carbocycles. The molecule has 3 aromatic heterocycles. The summed E-state index contributed by atoms with van der Waals surface area (Å²) in [5.74, 6) is 0.889. The Morgan fingerprint density at radius 1 is 1.29 bits per heavy atom. The highest BCUT2D eigenvalue weighted by Gasteiger charge is 2.51. The molecule has 1 fully saturated rings. The van der Waals surface area contributed by atoms with Gasteiger partial charge in [-0.3, -0.25) is 4.79 Å². The topological polar surface area (TPSA) is 94.8 Å². The molecular formula is C19H17FN6O2. The van der Waals surface area contributed by atoms with Gasteiger partial charge >= 0.3 is 0 Å². The van der Waals surface area contributed by atoms with Crippen LogP contribution in [0.15, 0.2) is 30.5 Å². The molecule has 9 heteroatoms. The van der Waals surface area contributed by atoms with E-state index in [0.29, 0.717) is 17.3 Å². The van der Waals surface area contributed by atoms with E-state index in [1.807, 2.05) is 6.07 Å². The highest BCUT2D eigenvalue weighted by molar-refractivity contribution is 6.05. The van der Waals surface area contributed by atoms with Crippen LogP contribution in [0.5, 0.6) is 5.88 Å². The number of rotatable bonds is 4. The molecule has 2 aliphatic rings. The van der Waals surface area contributed by atoms with Gasteiger partial charge in [0.15, 0.2) is 5.82 Å². The summed E-state index contributed by atoms with van der Waals surface area (Å²) in [7, 11) is 1.37. The molecule has 0 radical (unpaired) electrons. The number of carbonyl (C=O) groups is 1. The van der Waals surface area contributed by atoms with Crippen molar-refractivity contribution in [2.24, 2.45) is 0 Å². The first-order valence-electron chi connectivity index (χ1n) is 9.03. The molecule has 5 rings (SSSR count). The quantitative estimate of drug-likeness (QED) is 0.748. The highest BCUT2D eigenvalue weighted by Crippen LogP contribution is 2.53. The maximum absolute atomic E-state index is 13.5. The average Bonchev–Trinajstić information content (AvgIpc) is 3.22. The molecule has 1 amide bonds. The zero-order valence-corrected chi connectivity index (χ0v) is 15.1. The second-order valence-electron chi connectivity index (χ2n) is 7.07. The Morgan fingerprint density at radius 3 is 2.93 bits per heavy atom. The SMILES string of the molecule is COc1ncc(F)cc1C(=O)Nc1cccc(-c2nnc3n2C2(CC3)CC2)n1. The number of methoxy groups -OCH3 is 1. The predicted molar refractivity (Wildman–Crippen MR) is 97.5 cm³/mol. The largest absolute Gasteiger partial charge is 0.480 e. The standard InChI is InChI=1S/C19H17FN6O2/c1-28-18-12(9-11(20)10-21-18)17(27)23-14-4-2-3-13(22-14)16-25-24-15-5-6-19(7-8-19)26(15)16/h2-4,9-10H,5-8H2,1H3,(H,22,23,27). The average molecular weight is 380 g/mol. The van der Waals surface area contributed by atoms with Crippen LogP contribution < -0.4 is 10.1 Å². The van der Waals surface area contributed by atoms with Gasteiger partial charge in [0.2, 0.25) is 5.88 Å². The number of halogens is 1. The molecule has 0 saturated heterocycles. The van der Waals surface area contributed by atoms with Crippen molar-refractivity contribution >= 4 is 11.7 Å². The minimum absolute atomic E-state index is 0.00462. The second-order valence-corrected chi connectivity index (χ2v) is 7.07. The van der Waals surface area contributed by atoms with Crippen LogP contribution >= 0.6 is 0 Å². The van der Waals surface area contributed by atoms with Gasteiger partial charge in [0.25, 0.3) is 5.91 Å². The maximum Gasteiger partial charge on any atom is 0.262 e. The van der Waals surface area contributed by atoms with Crippen molar-refractivity contribution in [1.29, 1.82) is 0 Å². The van der Waals surface area contributed by atoms with Gasteiger partial charge in [-0.2, -0.15) is 0 Å². The van der Waals surface area contributed by atoms with E-state index in [2.05, 4.69) is 30.0 Å². The summed E-state index contributed by atoms with van der Waals surface area (Å²) < 4.78 is 20.7. The molecule has 0 unspecified atom stereocenters. The summed E-state index contributed by atoms with van der Waals surface area (Å²) in [6, 6.07) is 6.36. The number of nitrogens with one attached hydrogen (secondary N) is 1. The molecule has 1 N–H and O–H groups in total. The predicted octanol–water partition coefficient (Wildman–Crippen LogP) is 2.57. The van der Waals surface area contributed by atoms with Gasteiger partial charge in [0.05, 0.1) is 13.3 Å². The van der Waals surface area contributed by atoms with E-state index >= 15 is 0 Å². The number of aromatic nitrogens is 5. The van der Waals surface area contributed by atoms with Gasteiger partial charge in [-0.05, 0) is 37.5 Å². The van der Waals surface area contributed by atoms with Crippen molar-refractivity contribution in [1.82, 2.24) is 24.7 Å². The fourth-order valence-corrected chi connectivity index (χ4v) is 3.78. The molecular weight excluding hydrogens is 363 g/mol. The smallest absolute Gasteiger partial charge is 0.262 e. The lowest BCUT2D eigenvalue weighted by molar-refractivity contribution is 0.102. The molecule has 1 aliphatic heterocycles.